The number of fused-ring (bicyclic) bond motifs is 13. The van der Waals surface area contributed by atoms with E-state index in [4.69, 9.17) is 0 Å². The van der Waals surface area contributed by atoms with Crippen molar-refractivity contribution in [2.24, 2.45) is 0 Å². The van der Waals surface area contributed by atoms with Crippen LogP contribution in [-0.2, 0) is 0 Å². The van der Waals surface area contributed by atoms with Crippen LogP contribution in [0, 0.1) is 0 Å². The molecule has 2 unspecified atom stereocenters. The van der Waals surface area contributed by atoms with Gasteiger partial charge in [0.2, 0.25) is 0 Å². The summed E-state index contributed by atoms with van der Waals surface area (Å²) >= 11 is 0. The summed E-state index contributed by atoms with van der Waals surface area (Å²) in [4.78, 5) is 2.53. The van der Waals surface area contributed by atoms with Crippen molar-refractivity contribution < 1.29 is 0 Å². The summed E-state index contributed by atoms with van der Waals surface area (Å²) in [6.45, 7) is 0. The van der Waals surface area contributed by atoms with Gasteiger partial charge in [0.25, 0.3) is 0 Å². The van der Waals surface area contributed by atoms with Crippen LogP contribution in [-0.4, -0.2) is 19.7 Å². The summed E-state index contributed by atoms with van der Waals surface area (Å²) in [5.41, 5.74) is 14.6. The average Bonchev–Trinajstić information content (AvgIpc) is 4.01. The Labute approximate surface area is 335 Å². The molecule has 58 heavy (non-hydrogen) atoms. The molecule has 0 bridgehead atoms. The monoisotopic (exact) mass is 740 g/mol. The number of hydrogen-bond acceptors (Lipinski definition) is 1. The molecule has 3 aromatic heterocycles. The zero-order valence-electron chi connectivity index (χ0n) is 31.6. The molecule has 2 aliphatic rings. The van der Waals surface area contributed by atoms with Gasteiger partial charge in [0.05, 0.1) is 39.1 Å². The predicted molar refractivity (Wildman–Crippen MR) is 243 cm³/mol. The molecule has 1 aliphatic heterocycles. The van der Waals surface area contributed by atoms with E-state index in [1.54, 1.807) is 0 Å². The minimum absolute atomic E-state index is 0.201. The molecule has 0 fully saturated rings. The zero-order valence-corrected chi connectivity index (χ0v) is 31.6. The van der Waals surface area contributed by atoms with E-state index < -0.39 is 0 Å². The predicted octanol–water partition coefficient (Wildman–Crippen LogP) is 13.7. The lowest BCUT2D eigenvalue weighted by Gasteiger charge is -2.28. The largest absolute Gasteiger partial charge is 0.333 e. The molecule has 0 amide bonds. The molecule has 272 valence electrons. The van der Waals surface area contributed by atoms with Crippen LogP contribution in [0.5, 0.6) is 0 Å². The Balaban J connectivity index is 1.09. The van der Waals surface area contributed by atoms with Gasteiger partial charge >= 0.3 is 0 Å². The number of anilines is 2. The van der Waals surface area contributed by atoms with Crippen LogP contribution in [0.1, 0.15) is 11.5 Å². The second-order valence-corrected chi connectivity index (χ2v) is 15.7. The third-order valence-electron chi connectivity index (χ3n) is 12.7. The Bertz CT molecular complexity index is 3520. The lowest BCUT2D eigenvalue weighted by Crippen LogP contribution is -2.28. The van der Waals surface area contributed by atoms with Gasteiger partial charge in [-0.1, -0.05) is 127 Å². The molecule has 0 N–H and O–H groups in total. The fraction of sp³-hybridized carbons (Fsp3) is 0.0370. The number of rotatable bonds is 4. The molecule has 13 rings (SSSR count). The van der Waals surface area contributed by atoms with Gasteiger partial charge in [0.1, 0.15) is 0 Å². The Morgan fingerprint density at radius 1 is 0.328 bits per heavy atom. The first-order valence-corrected chi connectivity index (χ1v) is 20.2. The number of hydrogen-bond donors (Lipinski definition) is 0. The van der Waals surface area contributed by atoms with Crippen molar-refractivity contribution in [2.45, 2.75) is 12.0 Å². The number of aromatic nitrogens is 3. The van der Waals surface area contributed by atoms with E-state index in [1.807, 2.05) is 0 Å². The first kappa shape index (κ1) is 31.6. The van der Waals surface area contributed by atoms with Crippen molar-refractivity contribution in [3.63, 3.8) is 0 Å². The van der Waals surface area contributed by atoms with Crippen molar-refractivity contribution in [1.29, 1.82) is 0 Å². The minimum atomic E-state index is 0.201. The normalized spacial score (nSPS) is 16.1. The number of allylic oxidation sites excluding steroid dienone is 2. The lowest BCUT2D eigenvalue weighted by atomic mass is 9.90. The first-order chi connectivity index (χ1) is 28.8. The van der Waals surface area contributed by atoms with Crippen LogP contribution < -0.4 is 4.90 Å². The fourth-order valence-electron chi connectivity index (χ4n) is 10.4. The highest BCUT2D eigenvalue weighted by atomic mass is 15.2. The molecule has 4 heteroatoms. The highest BCUT2D eigenvalue weighted by Gasteiger charge is 2.40. The van der Waals surface area contributed by atoms with Gasteiger partial charge in [-0.2, -0.15) is 0 Å². The number of para-hydroxylation sites is 5. The topological polar surface area (TPSA) is 18.0 Å². The quantitative estimate of drug-likeness (QED) is 0.176. The van der Waals surface area contributed by atoms with Crippen molar-refractivity contribution in [3.05, 3.63) is 212 Å². The Morgan fingerprint density at radius 3 is 1.52 bits per heavy atom. The van der Waals surface area contributed by atoms with Gasteiger partial charge in [-0.3, -0.25) is 0 Å². The fourth-order valence-corrected chi connectivity index (χ4v) is 10.4. The molecule has 2 atom stereocenters. The molecule has 11 aromatic rings. The molecule has 0 spiro atoms. The van der Waals surface area contributed by atoms with Gasteiger partial charge < -0.3 is 18.6 Å². The van der Waals surface area contributed by atoms with E-state index in [0.717, 1.165) is 17.1 Å². The van der Waals surface area contributed by atoms with Gasteiger partial charge in [-0.15, -0.1) is 0 Å². The van der Waals surface area contributed by atoms with E-state index >= 15 is 0 Å². The summed E-state index contributed by atoms with van der Waals surface area (Å²) < 4.78 is 7.42. The summed E-state index contributed by atoms with van der Waals surface area (Å²) in [5, 5.41) is 7.58. The molecule has 4 heterocycles. The third kappa shape index (κ3) is 4.29. The van der Waals surface area contributed by atoms with Crippen molar-refractivity contribution >= 4 is 76.8 Å². The number of nitrogens with zero attached hydrogens (tertiary/aromatic N) is 4. The summed E-state index contributed by atoms with van der Waals surface area (Å²) in [7, 11) is 0. The Hall–Kier alpha value is -7.56. The van der Waals surface area contributed by atoms with Crippen molar-refractivity contribution in [1.82, 2.24) is 13.7 Å². The lowest BCUT2D eigenvalue weighted by molar-refractivity contribution is 0.746. The van der Waals surface area contributed by atoms with Crippen LogP contribution in [0.3, 0.4) is 0 Å². The third-order valence-corrected chi connectivity index (χ3v) is 12.7. The maximum atomic E-state index is 2.53. The second kappa shape index (κ2) is 12.0. The Kier molecular flexibility index (Phi) is 6.53. The van der Waals surface area contributed by atoms with E-state index in [9.17, 15) is 0 Å². The summed E-state index contributed by atoms with van der Waals surface area (Å²) in [6, 6.07) is 67.1. The second-order valence-electron chi connectivity index (χ2n) is 15.7. The van der Waals surface area contributed by atoms with Crippen molar-refractivity contribution in [2.75, 3.05) is 4.90 Å². The van der Waals surface area contributed by atoms with E-state index in [1.165, 1.54) is 82.4 Å². The van der Waals surface area contributed by atoms with Crippen LogP contribution in [0.2, 0.25) is 0 Å². The molecule has 8 aromatic carbocycles. The van der Waals surface area contributed by atoms with Gasteiger partial charge in [0.15, 0.2) is 0 Å². The maximum Gasteiger partial charge on any atom is 0.0630 e. The molecule has 1 aliphatic carbocycles. The standard InChI is InChI=1S/C54H36N4/c1-3-16-35(17-4-1)55-49-29-14-10-25-43(49)53-50(55)31-30-42-39-22-7-13-28-48(39)58(54(42)53)38-21-15-20-37(32-38)57-47-27-12-9-24-41(47)45-33-44-40-23-8-11-26-46(40)56(51(44)34-52(45)57)36-18-5-2-6-19-36/h1-34,43,49H. The molecule has 0 saturated carbocycles. The average molecular weight is 741 g/mol. The first-order valence-electron chi connectivity index (χ1n) is 20.2. The van der Waals surface area contributed by atoms with E-state index in [0.29, 0.717) is 0 Å². The van der Waals surface area contributed by atoms with Crippen LogP contribution in [0.25, 0.3) is 82.5 Å². The smallest absolute Gasteiger partial charge is 0.0630 e. The zero-order chi connectivity index (χ0) is 37.9. The minimum Gasteiger partial charge on any atom is -0.333 e. The highest BCUT2D eigenvalue weighted by Crippen LogP contribution is 2.52. The molecular formula is C54H36N4. The molecule has 0 radical (unpaired) electrons. The van der Waals surface area contributed by atoms with Gasteiger partial charge in [-0.05, 0) is 78.9 Å². The van der Waals surface area contributed by atoms with Gasteiger partial charge in [-0.25, -0.2) is 0 Å². The Morgan fingerprint density at radius 2 is 0.845 bits per heavy atom. The summed E-state index contributed by atoms with van der Waals surface area (Å²) in [5.74, 6) is 0.214. The van der Waals surface area contributed by atoms with E-state index in [-0.39, 0.29) is 12.0 Å². The maximum absolute atomic E-state index is 2.53. The van der Waals surface area contributed by atoms with E-state index in [2.05, 4.69) is 225 Å². The van der Waals surface area contributed by atoms with Crippen molar-refractivity contribution in [3.8, 4) is 17.1 Å². The SMILES string of the molecule is C1=CC2c3c(ccc4c5ccccc5n(-c5cccc(-n6c7ccccc7c7cc8c9ccccc9n(-c9ccccc9)c8cc76)c5)c34)N(c3ccccc3)C2C=C1. The van der Waals surface area contributed by atoms with Crippen LogP contribution in [0.4, 0.5) is 11.4 Å². The molecule has 0 saturated heterocycles. The molecule has 4 nitrogen and oxygen atoms in total. The van der Waals surface area contributed by atoms with Gasteiger partial charge in [0, 0.05) is 72.2 Å². The molecular weight excluding hydrogens is 705 g/mol. The summed E-state index contributed by atoms with van der Waals surface area (Å²) in [6.07, 6.45) is 9.20. The highest BCUT2D eigenvalue weighted by molar-refractivity contribution is 6.19. The van der Waals surface area contributed by atoms with Crippen LogP contribution >= 0.6 is 0 Å². The van der Waals surface area contributed by atoms with Crippen LogP contribution in [0.15, 0.2) is 206 Å². The number of benzene rings is 8.